The molecule has 1 aromatic heterocycles. The molecule has 0 radical (unpaired) electrons. The molecular weight excluding hydrogens is 485 g/mol. The number of carbonyl (C=O) groups excluding carboxylic acids is 1. The molecule has 3 aliphatic rings. The number of amides is 1. The van der Waals surface area contributed by atoms with Gasteiger partial charge in [-0.2, -0.15) is 0 Å². The number of ether oxygens (including phenoxy) is 2. The molecule has 3 fully saturated rings. The molecule has 1 aromatic carbocycles. The lowest BCUT2D eigenvalue weighted by Gasteiger charge is -2.34. The van der Waals surface area contributed by atoms with Crippen LogP contribution in [0.4, 0.5) is 19.1 Å². The molecule has 10 heteroatoms. The highest BCUT2D eigenvalue weighted by Crippen LogP contribution is 2.49. The summed E-state index contributed by atoms with van der Waals surface area (Å²) < 4.78 is 52.9. The topological polar surface area (TPSA) is 67.8 Å². The molecule has 0 spiro atoms. The van der Waals surface area contributed by atoms with Crippen LogP contribution in [0.2, 0.25) is 0 Å². The molecule has 0 bridgehead atoms. The lowest BCUT2D eigenvalue weighted by Crippen LogP contribution is -2.52. The van der Waals surface area contributed by atoms with Crippen LogP contribution in [0.3, 0.4) is 0 Å². The van der Waals surface area contributed by atoms with E-state index in [1.165, 1.54) is 4.90 Å². The third kappa shape index (κ3) is 6.10. The van der Waals surface area contributed by atoms with Crippen molar-refractivity contribution in [2.75, 3.05) is 44.3 Å². The molecule has 2 atom stereocenters. The fraction of sp³-hybridized carbons (Fsp3) is 0.593. The molecule has 1 aliphatic carbocycles. The number of piperidine rings is 1. The second-order valence-electron chi connectivity index (χ2n) is 10.2. The third-order valence-corrected chi connectivity index (χ3v) is 7.72. The van der Waals surface area contributed by atoms with Gasteiger partial charge in [0, 0.05) is 30.8 Å². The Bertz CT molecular complexity index is 1070. The van der Waals surface area contributed by atoms with E-state index in [1.54, 1.807) is 12.4 Å². The Morgan fingerprint density at radius 1 is 1.05 bits per heavy atom. The normalized spacial score (nSPS) is 22.1. The SMILES string of the molecule is CCOc1cnc(N2CCC([C@H]3C[C@H]3CCOc3cc(F)c(CC(=O)N4CC(F)C4)c(F)c3)CC2)nc1. The Kier molecular flexibility index (Phi) is 7.71. The molecule has 0 N–H and O–H groups in total. The molecule has 2 saturated heterocycles. The molecule has 1 saturated carbocycles. The Balaban J connectivity index is 1.03. The first-order chi connectivity index (χ1) is 17.9. The maximum Gasteiger partial charge on any atom is 0.227 e. The maximum absolute atomic E-state index is 14.5. The molecule has 2 aromatic rings. The van der Waals surface area contributed by atoms with Crippen molar-refractivity contribution in [2.45, 2.75) is 45.2 Å². The molecule has 3 heterocycles. The summed E-state index contributed by atoms with van der Waals surface area (Å²) in [5, 5.41) is 0. The first kappa shape index (κ1) is 25.6. The van der Waals surface area contributed by atoms with Gasteiger partial charge in [0.05, 0.1) is 45.1 Å². The summed E-state index contributed by atoms with van der Waals surface area (Å²) in [7, 11) is 0. The van der Waals surface area contributed by atoms with E-state index < -0.39 is 30.1 Å². The fourth-order valence-electron chi connectivity index (χ4n) is 5.47. The van der Waals surface area contributed by atoms with Crippen molar-refractivity contribution in [3.63, 3.8) is 0 Å². The largest absolute Gasteiger partial charge is 0.493 e. The zero-order valence-corrected chi connectivity index (χ0v) is 21.0. The number of anilines is 1. The second-order valence-corrected chi connectivity index (χ2v) is 10.2. The highest BCUT2D eigenvalue weighted by molar-refractivity contribution is 5.79. The molecule has 37 heavy (non-hydrogen) atoms. The number of benzene rings is 1. The van der Waals surface area contributed by atoms with Crippen molar-refractivity contribution >= 4 is 11.9 Å². The van der Waals surface area contributed by atoms with Crippen molar-refractivity contribution in [3.05, 3.63) is 41.7 Å². The number of hydrogen-bond acceptors (Lipinski definition) is 6. The van der Waals surface area contributed by atoms with Gasteiger partial charge in [-0.15, -0.1) is 0 Å². The van der Waals surface area contributed by atoms with E-state index in [9.17, 15) is 18.0 Å². The highest BCUT2D eigenvalue weighted by Gasteiger charge is 2.43. The first-order valence-corrected chi connectivity index (χ1v) is 13.1. The van der Waals surface area contributed by atoms with Crippen LogP contribution in [0.1, 0.15) is 38.2 Å². The van der Waals surface area contributed by atoms with E-state index in [4.69, 9.17) is 9.47 Å². The smallest absolute Gasteiger partial charge is 0.227 e. The molecule has 2 aliphatic heterocycles. The van der Waals surface area contributed by atoms with Crippen molar-refractivity contribution in [1.29, 1.82) is 0 Å². The lowest BCUT2D eigenvalue weighted by molar-refractivity contribution is -0.137. The maximum atomic E-state index is 14.5. The predicted octanol–water partition coefficient (Wildman–Crippen LogP) is 4.20. The summed E-state index contributed by atoms with van der Waals surface area (Å²) in [5.74, 6) is 1.35. The Labute approximate surface area is 215 Å². The highest BCUT2D eigenvalue weighted by atomic mass is 19.1. The van der Waals surface area contributed by atoms with E-state index in [2.05, 4.69) is 14.9 Å². The number of aromatic nitrogens is 2. The zero-order chi connectivity index (χ0) is 25.9. The van der Waals surface area contributed by atoms with E-state index in [0.29, 0.717) is 36.7 Å². The first-order valence-electron chi connectivity index (χ1n) is 13.1. The van der Waals surface area contributed by atoms with Crippen LogP contribution in [-0.4, -0.2) is 66.3 Å². The molecular formula is C27H33F3N4O3. The third-order valence-electron chi connectivity index (χ3n) is 7.72. The van der Waals surface area contributed by atoms with E-state index in [1.807, 2.05) is 6.92 Å². The van der Waals surface area contributed by atoms with Crippen LogP contribution in [0, 0.1) is 29.4 Å². The van der Waals surface area contributed by atoms with Crippen LogP contribution in [0.5, 0.6) is 11.5 Å². The number of hydrogen-bond donors (Lipinski definition) is 0. The quantitative estimate of drug-likeness (QED) is 0.470. The van der Waals surface area contributed by atoms with Gasteiger partial charge in [0.2, 0.25) is 11.9 Å². The Morgan fingerprint density at radius 2 is 1.73 bits per heavy atom. The van der Waals surface area contributed by atoms with Gasteiger partial charge in [-0.05, 0) is 50.4 Å². The predicted molar refractivity (Wildman–Crippen MR) is 131 cm³/mol. The fourth-order valence-corrected chi connectivity index (χ4v) is 5.47. The summed E-state index contributed by atoms with van der Waals surface area (Å²) in [6, 6.07) is 2.26. The number of nitrogens with zero attached hydrogens (tertiary/aromatic N) is 4. The number of alkyl halides is 1. The van der Waals surface area contributed by atoms with Crippen molar-refractivity contribution < 1.29 is 27.4 Å². The van der Waals surface area contributed by atoms with Gasteiger partial charge in [-0.25, -0.2) is 23.1 Å². The number of halogens is 3. The van der Waals surface area contributed by atoms with E-state index in [-0.39, 0.29) is 24.4 Å². The molecule has 1 amide bonds. The minimum absolute atomic E-state index is 0.0122. The number of likely N-dealkylation sites (tertiary alicyclic amines) is 1. The minimum atomic E-state index is -1.05. The van der Waals surface area contributed by atoms with Gasteiger partial charge in [-0.3, -0.25) is 4.79 Å². The van der Waals surface area contributed by atoms with Gasteiger partial charge < -0.3 is 19.3 Å². The molecule has 0 unspecified atom stereocenters. The summed E-state index contributed by atoms with van der Waals surface area (Å²) in [5.41, 5.74) is -0.302. The van der Waals surface area contributed by atoms with Gasteiger partial charge in [-0.1, -0.05) is 0 Å². The standard InChI is InChI=1S/C27H33F3N4O3/c1-2-36-21-13-31-27(32-14-21)33-6-3-17(4-7-33)22-9-18(22)5-8-37-20-10-24(29)23(25(30)11-20)12-26(35)34-15-19(28)16-34/h10-11,13-14,17-19,22H,2-9,12,15-16H2,1H3/t18-,22-/m1/s1. The van der Waals surface area contributed by atoms with E-state index >= 15 is 0 Å². The zero-order valence-electron chi connectivity index (χ0n) is 21.0. The van der Waals surface area contributed by atoms with Gasteiger partial charge in [0.1, 0.15) is 23.6 Å². The van der Waals surface area contributed by atoms with Crippen molar-refractivity contribution in [2.24, 2.45) is 17.8 Å². The monoisotopic (exact) mass is 518 g/mol. The summed E-state index contributed by atoms with van der Waals surface area (Å²) in [6.07, 6.45) is 6.16. The molecule has 200 valence electrons. The van der Waals surface area contributed by atoms with Gasteiger partial charge in [0.15, 0.2) is 5.75 Å². The van der Waals surface area contributed by atoms with Crippen molar-refractivity contribution in [3.8, 4) is 11.5 Å². The minimum Gasteiger partial charge on any atom is -0.493 e. The summed E-state index contributed by atoms with van der Waals surface area (Å²) >= 11 is 0. The Morgan fingerprint density at radius 3 is 2.35 bits per heavy atom. The summed E-state index contributed by atoms with van der Waals surface area (Å²) in [6.45, 7) is 4.74. The van der Waals surface area contributed by atoms with Gasteiger partial charge >= 0.3 is 0 Å². The lowest BCUT2D eigenvalue weighted by atomic mass is 9.90. The van der Waals surface area contributed by atoms with Crippen LogP contribution >= 0.6 is 0 Å². The summed E-state index contributed by atoms with van der Waals surface area (Å²) in [4.78, 5) is 24.4. The Hall–Kier alpha value is -3.04. The van der Waals surface area contributed by atoms with Crippen LogP contribution in [-0.2, 0) is 11.2 Å². The van der Waals surface area contributed by atoms with Crippen LogP contribution in [0.25, 0.3) is 0 Å². The van der Waals surface area contributed by atoms with Crippen molar-refractivity contribution in [1.82, 2.24) is 14.9 Å². The average Bonchev–Trinajstić information content (AvgIpc) is 3.64. The van der Waals surface area contributed by atoms with Crippen LogP contribution < -0.4 is 14.4 Å². The second kappa shape index (κ2) is 11.1. The number of carbonyl (C=O) groups is 1. The molecule has 5 rings (SSSR count). The van der Waals surface area contributed by atoms with E-state index in [0.717, 1.165) is 56.9 Å². The van der Waals surface area contributed by atoms with Gasteiger partial charge in [0.25, 0.3) is 0 Å². The molecule has 7 nitrogen and oxygen atoms in total. The average molecular weight is 519 g/mol. The van der Waals surface area contributed by atoms with Crippen LogP contribution in [0.15, 0.2) is 24.5 Å². The number of rotatable bonds is 10.